The van der Waals surface area contributed by atoms with Crippen LogP contribution in [0.1, 0.15) is 12.0 Å². The fourth-order valence-electron chi connectivity index (χ4n) is 4.05. The molecule has 0 aliphatic carbocycles. The Morgan fingerprint density at radius 3 is 2.45 bits per heavy atom. The van der Waals surface area contributed by atoms with Crippen LogP contribution in [0.2, 0.25) is 0 Å². The number of aromatic amines is 1. The monoisotopic (exact) mass is 397 g/mol. The van der Waals surface area contributed by atoms with Gasteiger partial charge in [-0.05, 0) is 11.6 Å². The number of nitrogens with zero attached hydrogens (tertiary/aromatic N) is 3. The van der Waals surface area contributed by atoms with Gasteiger partial charge in [-0.1, -0.05) is 18.2 Å². The molecule has 0 saturated carbocycles. The van der Waals surface area contributed by atoms with Gasteiger partial charge in [-0.3, -0.25) is 19.3 Å². The molecule has 2 aromatic rings. The molecular weight excluding hydrogens is 370 g/mol. The summed E-state index contributed by atoms with van der Waals surface area (Å²) in [4.78, 5) is 45.5. The number of carbonyl (C=O) groups excluding carboxylic acids is 3. The molecule has 4 rings (SSSR count). The van der Waals surface area contributed by atoms with Crippen LogP contribution in [0.15, 0.2) is 30.5 Å². The van der Waals surface area contributed by atoms with Crippen molar-refractivity contribution < 1.29 is 14.4 Å². The Labute approximate surface area is 169 Å². The number of hydrogen-bond acceptors (Lipinski definition) is 4. The third-order valence-electron chi connectivity index (χ3n) is 5.76. The maximum absolute atomic E-state index is 12.7. The molecule has 0 atom stereocenters. The second kappa shape index (κ2) is 8.65. The van der Waals surface area contributed by atoms with Crippen LogP contribution >= 0.6 is 0 Å². The number of para-hydroxylation sites is 1. The van der Waals surface area contributed by atoms with Crippen molar-refractivity contribution in [1.82, 2.24) is 25.0 Å². The fourth-order valence-corrected chi connectivity index (χ4v) is 4.05. The van der Waals surface area contributed by atoms with Gasteiger partial charge in [0.2, 0.25) is 17.7 Å². The summed E-state index contributed by atoms with van der Waals surface area (Å²) in [6.07, 6.45) is 2.69. The highest BCUT2D eigenvalue weighted by atomic mass is 16.2. The van der Waals surface area contributed by atoms with E-state index in [1.54, 1.807) is 0 Å². The number of carbonyl (C=O) groups is 3. The van der Waals surface area contributed by atoms with Gasteiger partial charge < -0.3 is 20.1 Å². The van der Waals surface area contributed by atoms with E-state index < -0.39 is 0 Å². The molecule has 154 valence electrons. The zero-order valence-corrected chi connectivity index (χ0v) is 16.5. The van der Waals surface area contributed by atoms with Crippen molar-refractivity contribution in [3.8, 4) is 0 Å². The number of amides is 3. The van der Waals surface area contributed by atoms with Gasteiger partial charge in [-0.2, -0.15) is 0 Å². The summed E-state index contributed by atoms with van der Waals surface area (Å²) in [5.41, 5.74) is 2.05. The number of H-pyrrole nitrogens is 1. The van der Waals surface area contributed by atoms with Gasteiger partial charge in [-0.15, -0.1) is 0 Å². The highest BCUT2D eigenvalue weighted by Gasteiger charge is 2.25. The van der Waals surface area contributed by atoms with E-state index >= 15 is 0 Å². The molecule has 0 bridgehead atoms. The maximum Gasteiger partial charge on any atom is 0.234 e. The normalized spacial score (nSPS) is 18.1. The van der Waals surface area contributed by atoms with Gasteiger partial charge in [-0.25, -0.2) is 0 Å². The summed E-state index contributed by atoms with van der Waals surface area (Å²) in [7, 11) is 0. The molecule has 0 spiro atoms. The van der Waals surface area contributed by atoms with E-state index in [1.807, 2.05) is 45.2 Å². The van der Waals surface area contributed by atoms with Gasteiger partial charge in [0, 0.05) is 69.3 Å². The number of hydrogen-bond donors (Lipinski definition) is 2. The summed E-state index contributed by atoms with van der Waals surface area (Å²) < 4.78 is 0. The van der Waals surface area contributed by atoms with Crippen LogP contribution in [0.25, 0.3) is 10.9 Å². The number of aromatic nitrogens is 1. The van der Waals surface area contributed by atoms with Gasteiger partial charge in [0.1, 0.15) is 0 Å². The number of piperazine rings is 2. The lowest BCUT2D eigenvalue weighted by Gasteiger charge is -2.35. The molecule has 1 aromatic heterocycles. The Bertz CT molecular complexity index is 901. The molecule has 8 heteroatoms. The maximum atomic E-state index is 12.7. The number of fused-ring (bicyclic) bond motifs is 1. The van der Waals surface area contributed by atoms with E-state index in [1.165, 1.54) is 0 Å². The second-order valence-corrected chi connectivity index (χ2v) is 7.67. The zero-order chi connectivity index (χ0) is 20.2. The van der Waals surface area contributed by atoms with E-state index in [4.69, 9.17) is 0 Å². The lowest BCUT2D eigenvalue weighted by Crippen LogP contribution is -2.52. The number of benzene rings is 1. The van der Waals surface area contributed by atoms with Crippen molar-refractivity contribution in [3.05, 3.63) is 36.0 Å². The van der Waals surface area contributed by atoms with Crippen molar-refractivity contribution in [3.63, 3.8) is 0 Å². The average molecular weight is 397 g/mol. The first-order valence-corrected chi connectivity index (χ1v) is 10.2. The minimum atomic E-state index is 0.0195. The Morgan fingerprint density at radius 1 is 0.966 bits per heavy atom. The Hall–Kier alpha value is -2.87. The largest absolute Gasteiger partial charge is 0.361 e. The summed E-state index contributed by atoms with van der Waals surface area (Å²) in [5.74, 6) is 0.215. The topological polar surface area (TPSA) is 88.8 Å². The van der Waals surface area contributed by atoms with Gasteiger partial charge in [0.05, 0.1) is 13.0 Å². The molecular formula is C21H27N5O3. The lowest BCUT2D eigenvalue weighted by atomic mass is 10.1. The van der Waals surface area contributed by atoms with E-state index in [-0.39, 0.29) is 17.7 Å². The summed E-state index contributed by atoms with van der Waals surface area (Å²) in [6.45, 7) is 4.67. The van der Waals surface area contributed by atoms with Crippen LogP contribution in [0.3, 0.4) is 0 Å². The summed E-state index contributed by atoms with van der Waals surface area (Å²) in [5, 5.41) is 3.87. The van der Waals surface area contributed by atoms with Crippen LogP contribution in [-0.2, 0) is 20.8 Å². The van der Waals surface area contributed by atoms with Crippen molar-refractivity contribution in [2.24, 2.45) is 0 Å². The SMILES string of the molecule is O=C1CN(CCC(=O)N2CCN(C(=O)Cc3c[nH]c4ccccc34)CC2)CCN1. The predicted molar refractivity (Wildman–Crippen MR) is 109 cm³/mol. The molecule has 3 amide bonds. The second-order valence-electron chi connectivity index (χ2n) is 7.67. The molecule has 0 unspecified atom stereocenters. The summed E-state index contributed by atoms with van der Waals surface area (Å²) >= 11 is 0. The van der Waals surface area contributed by atoms with Crippen molar-refractivity contribution in [2.75, 3.05) is 52.4 Å². The number of rotatable bonds is 5. The summed E-state index contributed by atoms with van der Waals surface area (Å²) in [6, 6.07) is 7.98. The van der Waals surface area contributed by atoms with Gasteiger partial charge >= 0.3 is 0 Å². The highest BCUT2D eigenvalue weighted by molar-refractivity contribution is 5.89. The highest BCUT2D eigenvalue weighted by Crippen LogP contribution is 2.19. The first-order chi connectivity index (χ1) is 14.1. The van der Waals surface area contributed by atoms with Crippen LogP contribution in [-0.4, -0.2) is 89.8 Å². The van der Waals surface area contributed by atoms with E-state index in [9.17, 15) is 14.4 Å². The molecule has 2 fully saturated rings. The van der Waals surface area contributed by atoms with Crippen molar-refractivity contribution >= 4 is 28.6 Å². The first-order valence-electron chi connectivity index (χ1n) is 10.2. The zero-order valence-electron chi connectivity index (χ0n) is 16.5. The van der Waals surface area contributed by atoms with E-state index in [0.717, 1.165) is 23.0 Å². The molecule has 3 heterocycles. The van der Waals surface area contributed by atoms with Crippen molar-refractivity contribution in [1.29, 1.82) is 0 Å². The van der Waals surface area contributed by atoms with Gasteiger partial charge in [0.25, 0.3) is 0 Å². The van der Waals surface area contributed by atoms with Crippen LogP contribution < -0.4 is 5.32 Å². The van der Waals surface area contributed by atoms with E-state index in [0.29, 0.717) is 58.7 Å². The molecule has 2 aliphatic rings. The fraction of sp³-hybridized carbons (Fsp3) is 0.476. The Kier molecular flexibility index (Phi) is 5.80. The lowest BCUT2D eigenvalue weighted by molar-refractivity contribution is -0.139. The van der Waals surface area contributed by atoms with Gasteiger partial charge in [0.15, 0.2) is 0 Å². The molecule has 8 nitrogen and oxygen atoms in total. The standard InChI is InChI=1S/C21H27N5O3/c27-19-15-24(8-6-22-19)7-5-20(28)25-9-11-26(12-10-25)21(29)13-16-14-23-18-4-2-1-3-17(16)18/h1-4,14,23H,5-13,15H2,(H,22,27). The quantitative estimate of drug-likeness (QED) is 0.755. The van der Waals surface area contributed by atoms with Crippen LogP contribution in [0.5, 0.6) is 0 Å². The molecule has 2 N–H and O–H groups in total. The minimum Gasteiger partial charge on any atom is -0.361 e. The molecule has 2 aliphatic heterocycles. The van der Waals surface area contributed by atoms with Crippen LogP contribution in [0, 0.1) is 0 Å². The smallest absolute Gasteiger partial charge is 0.234 e. The Balaban J connectivity index is 1.24. The number of nitrogens with one attached hydrogen (secondary N) is 2. The minimum absolute atomic E-state index is 0.0195. The predicted octanol–water partition coefficient (Wildman–Crippen LogP) is 0.203. The average Bonchev–Trinajstić information content (AvgIpc) is 3.15. The third-order valence-corrected chi connectivity index (χ3v) is 5.76. The van der Waals surface area contributed by atoms with E-state index in [2.05, 4.69) is 10.3 Å². The van der Waals surface area contributed by atoms with Crippen LogP contribution in [0.4, 0.5) is 0 Å². The first kappa shape index (κ1) is 19.4. The third kappa shape index (κ3) is 4.59. The van der Waals surface area contributed by atoms with Crippen molar-refractivity contribution in [2.45, 2.75) is 12.8 Å². The molecule has 0 radical (unpaired) electrons. The molecule has 2 saturated heterocycles. The molecule has 1 aromatic carbocycles. The molecule has 29 heavy (non-hydrogen) atoms. The Morgan fingerprint density at radius 2 is 1.69 bits per heavy atom.